The van der Waals surface area contributed by atoms with Crippen molar-refractivity contribution in [1.82, 2.24) is 0 Å². The van der Waals surface area contributed by atoms with Gasteiger partial charge in [0, 0.05) is 6.42 Å². The lowest BCUT2D eigenvalue weighted by atomic mass is 10.1. The second-order valence-electron chi connectivity index (χ2n) is 5.92. The molecule has 0 spiro atoms. The molecular weight excluding hydrogens is 316 g/mol. The van der Waals surface area contributed by atoms with Crippen LogP contribution in [0.5, 0.6) is 0 Å². The maximum Gasteiger partial charge on any atom is 0.293 e. The van der Waals surface area contributed by atoms with Gasteiger partial charge in [-0.1, -0.05) is 67.6 Å². The summed E-state index contributed by atoms with van der Waals surface area (Å²) in [4.78, 5) is 10.8. The molecule has 2 atom stereocenters. The molecule has 0 aliphatic rings. The van der Waals surface area contributed by atoms with Crippen molar-refractivity contribution in [2.45, 2.75) is 45.2 Å². The molecule has 0 saturated carbocycles. The predicted molar refractivity (Wildman–Crippen MR) is 97.0 cm³/mol. The van der Waals surface area contributed by atoms with Gasteiger partial charge in [0.05, 0.1) is 25.9 Å². The number of ether oxygens (including phenoxy) is 3. The molecule has 0 aromatic heterocycles. The van der Waals surface area contributed by atoms with Gasteiger partial charge in [-0.25, -0.2) is 0 Å². The Labute approximate surface area is 149 Å². The van der Waals surface area contributed by atoms with E-state index in [1.807, 2.05) is 60.7 Å². The average molecular weight is 342 g/mol. The second kappa shape index (κ2) is 11.4. The zero-order chi connectivity index (χ0) is 17.7. The number of hydrogen-bond donors (Lipinski definition) is 0. The molecule has 2 aromatic carbocycles. The Balaban J connectivity index is 1.77. The molecule has 0 aliphatic heterocycles. The Morgan fingerprint density at radius 1 is 0.880 bits per heavy atom. The number of carbonyl (C=O) groups excluding carboxylic acids is 1. The van der Waals surface area contributed by atoms with Gasteiger partial charge in [0.1, 0.15) is 6.10 Å². The van der Waals surface area contributed by atoms with E-state index in [0.29, 0.717) is 32.7 Å². The minimum atomic E-state index is -0.304. The molecule has 2 aromatic rings. The summed E-state index contributed by atoms with van der Waals surface area (Å²) in [6.45, 7) is 3.97. The number of benzene rings is 2. The summed E-state index contributed by atoms with van der Waals surface area (Å²) in [5.74, 6) is 0. The highest BCUT2D eigenvalue weighted by atomic mass is 16.6. The van der Waals surface area contributed by atoms with Crippen LogP contribution in [-0.2, 0) is 32.2 Å². The molecule has 4 nitrogen and oxygen atoms in total. The van der Waals surface area contributed by atoms with Crippen molar-refractivity contribution >= 4 is 6.47 Å². The average Bonchev–Trinajstić information content (AvgIpc) is 2.66. The van der Waals surface area contributed by atoms with Crippen LogP contribution in [0, 0.1) is 0 Å². The molecule has 2 unspecified atom stereocenters. The van der Waals surface area contributed by atoms with Crippen molar-refractivity contribution in [1.29, 1.82) is 0 Å². The van der Waals surface area contributed by atoms with Gasteiger partial charge in [-0.2, -0.15) is 0 Å². The molecule has 0 saturated heterocycles. The number of hydrogen-bond acceptors (Lipinski definition) is 4. The molecular formula is C21H26O4. The van der Waals surface area contributed by atoms with Crippen LogP contribution in [-0.4, -0.2) is 25.3 Å². The zero-order valence-corrected chi connectivity index (χ0v) is 14.7. The molecule has 0 bridgehead atoms. The maximum atomic E-state index is 10.8. The first-order valence-corrected chi connectivity index (χ1v) is 8.68. The van der Waals surface area contributed by atoms with Crippen LogP contribution in [0.3, 0.4) is 0 Å². The molecule has 0 heterocycles. The fraction of sp³-hybridized carbons (Fsp3) is 0.381. The standard InChI is InChI=1S/C21H26O4/c1-2-20(24-15-19-11-7-4-8-12-19)13-21(25-17-22)16-23-14-18-9-5-3-6-10-18/h3-12,17,20-21H,2,13-16H2,1H3. The monoisotopic (exact) mass is 342 g/mol. The third-order valence-corrected chi connectivity index (χ3v) is 3.97. The van der Waals surface area contributed by atoms with Gasteiger partial charge in [-0.05, 0) is 17.5 Å². The highest BCUT2D eigenvalue weighted by Gasteiger charge is 2.17. The minimum Gasteiger partial charge on any atom is -0.462 e. The van der Waals surface area contributed by atoms with Crippen LogP contribution in [0.25, 0.3) is 0 Å². The van der Waals surface area contributed by atoms with Crippen LogP contribution < -0.4 is 0 Å². The van der Waals surface area contributed by atoms with E-state index >= 15 is 0 Å². The van der Waals surface area contributed by atoms with Crippen molar-refractivity contribution in [3.8, 4) is 0 Å². The van der Waals surface area contributed by atoms with E-state index in [2.05, 4.69) is 6.92 Å². The molecule has 134 valence electrons. The van der Waals surface area contributed by atoms with Crippen molar-refractivity contribution < 1.29 is 19.0 Å². The Bertz CT molecular complexity index is 585. The molecule has 0 aliphatic carbocycles. The van der Waals surface area contributed by atoms with Gasteiger partial charge >= 0.3 is 0 Å². The Kier molecular flexibility index (Phi) is 8.73. The molecule has 2 rings (SSSR count). The van der Waals surface area contributed by atoms with Crippen LogP contribution in [0.2, 0.25) is 0 Å². The predicted octanol–water partition coefficient (Wildman–Crippen LogP) is 4.13. The molecule has 0 N–H and O–H groups in total. The van der Waals surface area contributed by atoms with Crippen LogP contribution >= 0.6 is 0 Å². The summed E-state index contributed by atoms with van der Waals surface area (Å²) >= 11 is 0. The fourth-order valence-electron chi connectivity index (χ4n) is 2.56. The van der Waals surface area contributed by atoms with Crippen molar-refractivity contribution in [3.63, 3.8) is 0 Å². The first kappa shape index (κ1) is 19.2. The lowest BCUT2D eigenvalue weighted by Crippen LogP contribution is -2.26. The summed E-state index contributed by atoms with van der Waals surface area (Å²) in [5.41, 5.74) is 2.23. The molecule has 0 fully saturated rings. The van der Waals surface area contributed by atoms with Gasteiger partial charge in [-0.3, -0.25) is 4.79 Å². The number of carbonyl (C=O) groups is 1. The largest absolute Gasteiger partial charge is 0.462 e. The normalized spacial score (nSPS) is 13.2. The Hall–Kier alpha value is -2.17. The lowest BCUT2D eigenvalue weighted by Gasteiger charge is -2.22. The fourth-order valence-corrected chi connectivity index (χ4v) is 2.56. The Morgan fingerprint density at radius 3 is 2.04 bits per heavy atom. The summed E-state index contributed by atoms with van der Waals surface area (Å²) in [6, 6.07) is 20.0. The second-order valence-corrected chi connectivity index (χ2v) is 5.92. The first-order valence-electron chi connectivity index (χ1n) is 8.68. The Morgan fingerprint density at radius 2 is 1.48 bits per heavy atom. The van der Waals surface area contributed by atoms with E-state index in [0.717, 1.165) is 17.5 Å². The molecule has 4 heteroatoms. The van der Waals surface area contributed by atoms with Gasteiger partial charge in [0.25, 0.3) is 6.47 Å². The third-order valence-electron chi connectivity index (χ3n) is 3.97. The summed E-state index contributed by atoms with van der Waals surface area (Å²) in [7, 11) is 0. The summed E-state index contributed by atoms with van der Waals surface area (Å²) < 4.78 is 16.8. The van der Waals surface area contributed by atoms with Crippen molar-refractivity contribution in [3.05, 3.63) is 71.8 Å². The zero-order valence-electron chi connectivity index (χ0n) is 14.7. The van der Waals surface area contributed by atoms with Gasteiger partial charge < -0.3 is 14.2 Å². The molecule has 0 radical (unpaired) electrons. The van der Waals surface area contributed by atoms with Gasteiger partial charge in [0.2, 0.25) is 0 Å². The lowest BCUT2D eigenvalue weighted by molar-refractivity contribution is -0.139. The summed E-state index contributed by atoms with van der Waals surface area (Å²) in [5, 5.41) is 0. The van der Waals surface area contributed by atoms with E-state index < -0.39 is 0 Å². The highest BCUT2D eigenvalue weighted by Crippen LogP contribution is 2.14. The SMILES string of the molecule is CCC(CC(COCc1ccccc1)OC=O)OCc1ccccc1. The van der Waals surface area contributed by atoms with Crippen LogP contribution in [0.4, 0.5) is 0 Å². The maximum absolute atomic E-state index is 10.8. The van der Waals surface area contributed by atoms with E-state index in [1.54, 1.807) is 0 Å². The van der Waals surface area contributed by atoms with Crippen LogP contribution in [0.15, 0.2) is 60.7 Å². The van der Waals surface area contributed by atoms with E-state index in [-0.39, 0.29) is 12.2 Å². The van der Waals surface area contributed by atoms with E-state index in [1.165, 1.54) is 0 Å². The van der Waals surface area contributed by atoms with Gasteiger partial charge in [-0.15, -0.1) is 0 Å². The van der Waals surface area contributed by atoms with Crippen molar-refractivity contribution in [2.24, 2.45) is 0 Å². The van der Waals surface area contributed by atoms with E-state index in [9.17, 15) is 4.79 Å². The number of rotatable bonds is 12. The molecule has 0 amide bonds. The van der Waals surface area contributed by atoms with E-state index in [4.69, 9.17) is 14.2 Å². The quantitative estimate of drug-likeness (QED) is 0.544. The van der Waals surface area contributed by atoms with Crippen LogP contribution in [0.1, 0.15) is 30.9 Å². The summed E-state index contributed by atoms with van der Waals surface area (Å²) in [6.07, 6.45) is 1.19. The minimum absolute atomic E-state index is 0.0190. The van der Waals surface area contributed by atoms with Gasteiger partial charge in [0.15, 0.2) is 0 Å². The first-order chi connectivity index (χ1) is 12.3. The third kappa shape index (κ3) is 7.50. The topological polar surface area (TPSA) is 44.8 Å². The highest BCUT2D eigenvalue weighted by molar-refractivity contribution is 5.37. The molecule has 25 heavy (non-hydrogen) atoms. The van der Waals surface area contributed by atoms with Crippen molar-refractivity contribution in [2.75, 3.05) is 6.61 Å². The smallest absolute Gasteiger partial charge is 0.293 e.